The van der Waals surface area contributed by atoms with Crippen molar-refractivity contribution in [1.82, 2.24) is 15.3 Å². The highest BCUT2D eigenvalue weighted by molar-refractivity contribution is 7.13. The average Bonchev–Trinajstić information content (AvgIpc) is 3.11. The summed E-state index contributed by atoms with van der Waals surface area (Å²) in [6.45, 7) is 3.46. The van der Waals surface area contributed by atoms with E-state index in [4.69, 9.17) is 5.11 Å². The second-order valence-corrected chi connectivity index (χ2v) is 6.63. The molecule has 3 rings (SSSR count). The number of para-hydroxylation sites is 1. The van der Waals surface area contributed by atoms with E-state index in [0.29, 0.717) is 10.7 Å². The Hall–Kier alpha value is -2.67. The highest BCUT2D eigenvalue weighted by Gasteiger charge is 2.19. The Morgan fingerprint density at radius 2 is 2.12 bits per heavy atom. The van der Waals surface area contributed by atoms with Crippen LogP contribution in [0.5, 0.6) is 0 Å². The molecule has 0 aliphatic carbocycles. The minimum atomic E-state index is -0.992. The van der Waals surface area contributed by atoms with E-state index in [-0.39, 0.29) is 23.2 Å². The number of carbonyl (C=O) groups excluding carboxylic acids is 1. The number of aromatic nitrogens is 2. The molecule has 0 bridgehead atoms. The number of aryl methyl sites for hydroxylation is 1. The third-order valence-electron chi connectivity index (χ3n) is 3.78. The summed E-state index contributed by atoms with van der Waals surface area (Å²) in [5.74, 6) is -1.12. The third-order valence-corrected chi connectivity index (χ3v) is 5.11. The SMILES string of the molecule is Cc1nc([C@H](C)NC(=O)Cc2c[nH]c3ccccc23)sc1C(=O)O. The molecule has 7 heteroatoms. The van der Waals surface area contributed by atoms with Crippen LogP contribution in [0.2, 0.25) is 0 Å². The summed E-state index contributed by atoms with van der Waals surface area (Å²) in [7, 11) is 0. The number of nitrogens with one attached hydrogen (secondary N) is 2. The number of amides is 1. The molecular weight excluding hydrogens is 326 g/mol. The number of thiazole rings is 1. The van der Waals surface area contributed by atoms with Crippen LogP contribution < -0.4 is 5.32 Å². The molecule has 1 aromatic carbocycles. The summed E-state index contributed by atoms with van der Waals surface area (Å²) in [6, 6.07) is 7.48. The molecular formula is C17H17N3O3S. The summed E-state index contributed by atoms with van der Waals surface area (Å²) in [5.41, 5.74) is 2.40. The molecule has 0 radical (unpaired) electrons. The van der Waals surface area contributed by atoms with Crippen LogP contribution in [-0.2, 0) is 11.2 Å². The van der Waals surface area contributed by atoms with Gasteiger partial charge >= 0.3 is 5.97 Å². The zero-order valence-corrected chi connectivity index (χ0v) is 14.1. The number of H-pyrrole nitrogens is 1. The number of hydrogen-bond donors (Lipinski definition) is 3. The van der Waals surface area contributed by atoms with E-state index in [1.807, 2.05) is 30.5 Å². The van der Waals surface area contributed by atoms with Crippen LogP contribution in [0.3, 0.4) is 0 Å². The van der Waals surface area contributed by atoms with Crippen LogP contribution in [0.4, 0.5) is 0 Å². The highest BCUT2D eigenvalue weighted by Crippen LogP contribution is 2.24. The molecule has 0 saturated carbocycles. The van der Waals surface area contributed by atoms with Crippen LogP contribution in [0.15, 0.2) is 30.5 Å². The highest BCUT2D eigenvalue weighted by atomic mass is 32.1. The molecule has 6 nitrogen and oxygen atoms in total. The molecule has 3 N–H and O–H groups in total. The summed E-state index contributed by atoms with van der Waals surface area (Å²) in [6.07, 6.45) is 2.09. The summed E-state index contributed by atoms with van der Waals surface area (Å²) in [5, 5.41) is 13.6. The number of carboxylic acid groups (broad SMARTS) is 1. The van der Waals surface area contributed by atoms with Crippen LogP contribution >= 0.6 is 11.3 Å². The molecule has 1 atom stereocenters. The van der Waals surface area contributed by atoms with E-state index in [1.54, 1.807) is 13.8 Å². The zero-order valence-electron chi connectivity index (χ0n) is 13.3. The Bertz CT molecular complexity index is 913. The van der Waals surface area contributed by atoms with Crippen molar-refractivity contribution >= 4 is 34.1 Å². The second kappa shape index (κ2) is 6.45. The number of aromatic amines is 1. The lowest BCUT2D eigenvalue weighted by Crippen LogP contribution is -2.28. The maximum Gasteiger partial charge on any atom is 0.347 e. The molecule has 3 aromatic rings. The molecule has 0 saturated heterocycles. The topological polar surface area (TPSA) is 95.1 Å². The smallest absolute Gasteiger partial charge is 0.347 e. The van der Waals surface area contributed by atoms with E-state index in [0.717, 1.165) is 27.8 Å². The van der Waals surface area contributed by atoms with Crippen molar-refractivity contribution in [2.24, 2.45) is 0 Å². The molecule has 124 valence electrons. The van der Waals surface area contributed by atoms with Gasteiger partial charge in [0.2, 0.25) is 5.91 Å². The molecule has 0 spiro atoms. The normalized spacial score (nSPS) is 12.2. The van der Waals surface area contributed by atoms with Crippen LogP contribution in [-0.4, -0.2) is 27.0 Å². The van der Waals surface area contributed by atoms with E-state index in [9.17, 15) is 9.59 Å². The number of hydrogen-bond acceptors (Lipinski definition) is 4. The first-order chi connectivity index (χ1) is 11.5. The fraction of sp³-hybridized carbons (Fsp3) is 0.235. The van der Waals surface area contributed by atoms with Crippen molar-refractivity contribution in [2.75, 3.05) is 0 Å². The predicted octanol–water partition coefficient (Wildman–Crippen LogP) is 3.05. The minimum absolute atomic E-state index is 0.128. The van der Waals surface area contributed by atoms with E-state index >= 15 is 0 Å². The number of carbonyl (C=O) groups is 2. The molecule has 0 aliphatic rings. The van der Waals surface area contributed by atoms with Crippen LogP contribution in [0.25, 0.3) is 10.9 Å². The van der Waals surface area contributed by atoms with Gasteiger partial charge in [-0.3, -0.25) is 4.79 Å². The van der Waals surface area contributed by atoms with Gasteiger partial charge in [-0.15, -0.1) is 11.3 Å². The van der Waals surface area contributed by atoms with Gasteiger partial charge in [0.1, 0.15) is 9.88 Å². The molecule has 1 amide bonds. The van der Waals surface area contributed by atoms with Gasteiger partial charge in [-0.25, -0.2) is 9.78 Å². The van der Waals surface area contributed by atoms with E-state index in [2.05, 4.69) is 15.3 Å². The zero-order chi connectivity index (χ0) is 17.3. The lowest BCUT2D eigenvalue weighted by molar-refractivity contribution is -0.121. The first-order valence-electron chi connectivity index (χ1n) is 7.50. The van der Waals surface area contributed by atoms with Crippen molar-refractivity contribution in [3.8, 4) is 0 Å². The van der Waals surface area contributed by atoms with Gasteiger partial charge in [0, 0.05) is 17.1 Å². The van der Waals surface area contributed by atoms with Gasteiger partial charge in [0.25, 0.3) is 0 Å². The first-order valence-corrected chi connectivity index (χ1v) is 8.32. The van der Waals surface area contributed by atoms with Crippen molar-refractivity contribution < 1.29 is 14.7 Å². The number of aromatic carboxylic acids is 1. The molecule has 0 fully saturated rings. The summed E-state index contributed by atoms with van der Waals surface area (Å²) >= 11 is 1.10. The summed E-state index contributed by atoms with van der Waals surface area (Å²) in [4.78, 5) is 31.0. The predicted molar refractivity (Wildman–Crippen MR) is 92.4 cm³/mol. The van der Waals surface area contributed by atoms with Crippen molar-refractivity contribution in [3.63, 3.8) is 0 Å². The van der Waals surface area contributed by atoms with Crippen molar-refractivity contribution in [2.45, 2.75) is 26.3 Å². The molecule has 0 aliphatic heterocycles. The molecule has 2 aromatic heterocycles. The average molecular weight is 343 g/mol. The number of rotatable bonds is 5. The Morgan fingerprint density at radius 3 is 2.83 bits per heavy atom. The molecule has 2 heterocycles. The van der Waals surface area contributed by atoms with Crippen LogP contribution in [0, 0.1) is 6.92 Å². The number of benzene rings is 1. The summed E-state index contributed by atoms with van der Waals surface area (Å²) < 4.78 is 0. The maximum atomic E-state index is 12.3. The van der Waals surface area contributed by atoms with Gasteiger partial charge in [0.05, 0.1) is 18.2 Å². The van der Waals surface area contributed by atoms with Gasteiger partial charge in [-0.1, -0.05) is 18.2 Å². The Kier molecular flexibility index (Phi) is 4.35. The van der Waals surface area contributed by atoms with E-state index < -0.39 is 5.97 Å². The standard InChI is InChI=1S/C17H17N3O3S/c1-9-15(17(22)23)24-16(20-9)10(2)19-14(21)7-11-8-18-13-6-4-3-5-12(11)13/h3-6,8,10,18H,7H2,1-2H3,(H,19,21)(H,22,23)/t10-/m0/s1. The van der Waals surface area contributed by atoms with Gasteiger partial charge in [0.15, 0.2) is 0 Å². The van der Waals surface area contributed by atoms with Crippen LogP contribution in [0.1, 0.15) is 38.9 Å². The maximum absolute atomic E-state index is 12.3. The molecule has 24 heavy (non-hydrogen) atoms. The van der Waals surface area contributed by atoms with Gasteiger partial charge in [-0.05, 0) is 25.5 Å². The second-order valence-electron chi connectivity index (χ2n) is 5.60. The number of carboxylic acids is 1. The first kappa shape index (κ1) is 16.2. The Balaban J connectivity index is 1.70. The lowest BCUT2D eigenvalue weighted by Gasteiger charge is -2.11. The fourth-order valence-electron chi connectivity index (χ4n) is 2.61. The lowest BCUT2D eigenvalue weighted by atomic mass is 10.1. The van der Waals surface area contributed by atoms with E-state index in [1.165, 1.54) is 0 Å². The minimum Gasteiger partial charge on any atom is -0.477 e. The fourth-order valence-corrected chi connectivity index (χ4v) is 3.51. The Morgan fingerprint density at radius 1 is 1.38 bits per heavy atom. The monoisotopic (exact) mass is 343 g/mol. The quantitative estimate of drug-likeness (QED) is 0.663. The largest absolute Gasteiger partial charge is 0.477 e. The molecule has 0 unspecified atom stereocenters. The Labute approximate surface area is 142 Å². The van der Waals surface area contributed by atoms with Gasteiger partial charge < -0.3 is 15.4 Å². The number of nitrogens with zero attached hydrogens (tertiary/aromatic N) is 1. The van der Waals surface area contributed by atoms with Gasteiger partial charge in [-0.2, -0.15) is 0 Å². The van der Waals surface area contributed by atoms with Crippen molar-refractivity contribution in [3.05, 3.63) is 51.6 Å². The third kappa shape index (κ3) is 3.16. The van der Waals surface area contributed by atoms with Crippen molar-refractivity contribution in [1.29, 1.82) is 0 Å². The number of fused-ring (bicyclic) bond motifs is 1.